The van der Waals surface area contributed by atoms with E-state index in [0.717, 1.165) is 31.2 Å². The van der Waals surface area contributed by atoms with Gasteiger partial charge in [-0.3, -0.25) is 24.4 Å². The summed E-state index contributed by atoms with van der Waals surface area (Å²) in [5, 5.41) is 12.9. The molecule has 196 valence electrons. The highest BCUT2D eigenvalue weighted by Crippen LogP contribution is 2.32. The van der Waals surface area contributed by atoms with Gasteiger partial charge in [0.2, 0.25) is 5.91 Å². The number of nitrogens with one attached hydrogen (secondary N) is 1. The monoisotopic (exact) mass is 503 g/mol. The fraction of sp³-hybridized carbons (Fsp3) is 0.517. The van der Waals surface area contributed by atoms with Crippen LogP contribution >= 0.6 is 0 Å². The largest absolute Gasteiger partial charge is 0.377 e. The third-order valence-corrected chi connectivity index (χ3v) is 7.25. The molecule has 1 aromatic carbocycles. The summed E-state index contributed by atoms with van der Waals surface area (Å²) in [5.74, 6) is -0.592. The second-order valence-electron chi connectivity index (χ2n) is 10.9. The van der Waals surface area contributed by atoms with Gasteiger partial charge in [0.25, 0.3) is 5.91 Å². The average Bonchev–Trinajstić information content (AvgIpc) is 2.92. The Bertz CT molecular complexity index is 1100. The minimum atomic E-state index is -0.939. The van der Waals surface area contributed by atoms with Gasteiger partial charge >= 0.3 is 0 Å². The van der Waals surface area contributed by atoms with E-state index in [1.165, 1.54) is 16.2 Å². The van der Waals surface area contributed by atoms with Gasteiger partial charge in [0.1, 0.15) is 12.1 Å². The lowest BCUT2D eigenvalue weighted by atomic mass is 9.87. The Morgan fingerprint density at radius 1 is 1.16 bits per heavy atom. The molecule has 8 heteroatoms. The van der Waals surface area contributed by atoms with Gasteiger partial charge in [0, 0.05) is 29.7 Å². The van der Waals surface area contributed by atoms with E-state index in [-0.39, 0.29) is 29.9 Å². The summed E-state index contributed by atoms with van der Waals surface area (Å²) in [6.07, 6.45) is 10.6. The maximum absolute atomic E-state index is 14.2. The number of anilines is 1. The molecular formula is C29H37N5O3. The van der Waals surface area contributed by atoms with Gasteiger partial charge in [-0.25, -0.2) is 0 Å². The summed E-state index contributed by atoms with van der Waals surface area (Å²) in [4.78, 5) is 35.4. The van der Waals surface area contributed by atoms with Crippen LogP contribution in [0, 0.1) is 11.5 Å². The molecule has 2 heterocycles. The molecule has 2 aromatic rings. The number of pyridine rings is 1. The number of hydrogen-bond donors (Lipinski definition) is 1. The Balaban J connectivity index is 1.78. The summed E-state index contributed by atoms with van der Waals surface area (Å²) in [6, 6.07) is 9.67. The molecule has 1 aliphatic heterocycles. The van der Waals surface area contributed by atoms with Crippen LogP contribution < -0.4 is 10.2 Å². The van der Waals surface area contributed by atoms with Gasteiger partial charge in [-0.2, -0.15) is 5.26 Å². The fourth-order valence-electron chi connectivity index (χ4n) is 5.10. The van der Waals surface area contributed by atoms with E-state index in [9.17, 15) is 14.9 Å². The molecule has 0 unspecified atom stereocenters. The number of nitrogens with zero attached hydrogens (tertiary/aromatic N) is 4. The molecule has 0 spiro atoms. The van der Waals surface area contributed by atoms with Gasteiger partial charge in [0.05, 0.1) is 19.8 Å². The number of aromatic nitrogens is 1. The van der Waals surface area contributed by atoms with E-state index in [4.69, 9.17) is 4.74 Å². The zero-order valence-electron chi connectivity index (χ0n) is 22.0. The number of amides is 2. The first-order valence-corrected chi connectivity index (χ1v) is 13.2. The van der Waals surface area contributed by atoms with Gasteiger partial charge in [-0.1, -0.05) is 58.2 Å². The third-order valence-electron chi connectivity index (χ3n) is 7.25. The molecule has 1 saturated carbocycles. The molecular weight excluding hydrogens is 466 g/mol. The lowest BCUT2D eigenvalue weighted by molar-refractivity contribution is -0.132. The number of carbonyl (C=O) groups excluding carboxylic acids is 2. The van der Waals surface area contributed by atoms with E-state index in [2.05, 4.69) is 37.3 Å². The Morgan fingerprint density at radius 2 is 1.89 bits per heavy atom. The van der Waals surface area contributed by atoms with E-state index >= 15 is 0 Å². The van der Waals surface area contributed by atoms with Crippen LogP contribution in [0.2, 0.25) is 0 Å². The Hall–Kier alpha value is -3.44. The van der Waals surface area contributed by atoms with Crippen LogP contribution in [0.15, 0.2) is 48.8 Å². The van der Waals surface area contributed by atoms with Crippen LogP contribution in [0.3, 0.4) is 0 Å². The second kappa shape index (κ2) is 11.7. The molecule has 8 nitrogen and oxygen atoms in total. The molecule has 1 aromatic heterocycles. The molecule has 2 fully saturated rings. The van der Waals surface area contributed by atoms with Crippen LogP contribution in [0.25, 0.3) is 0 Å². The summed E-state index contributed by atoms with van der Waals surface area (Å²) >= 11 is 0. The summed E-state index contributed by atoms with van der Waals surface area (Å²) in [5.41, 5.74) is 2.26. The van der Waals surface area contributed by atoms with E-state index in [1.807, 2.05) is 30.3 Å². The van der Waals surface area contributed by atoms with Crippen molar-refractivity contribution in [1.82, 2.24) is 15.2 Å². The SMILES string of the molecule is CC(C)(C)c1ccc(N(C(=O)[C@H]2COCCN2C#N)[C@@H](C(=O)NC2CCCCC2)c2cccnc2)cc1. The van der Waals surface area contributed by atoms with Gasteiger partial charge in [-0.05, 0) is 42.0 Å². The molecule has 2 aliphatic rings. The molecule has 0 bridgehead atoms. The number of ether oxygens (including phenoxy) is 1. The molecule has 1 N–H and O–H groups in total. The lowest BCUT2D eigenvalue weighted by Crippen LogP contribution is -2.56. The summed E-state index contributed by atoms with van der Waals surface area (Å²) in [6.45, 7) is 7.19. The number of morpholine rings is 1. The van der Waals surface area contributed by atoms with Crippen molar-refractivity contribution in [1.29, 1.82) is 5.26 Å². The first kappa shape index (κ1) is 26.6. The van der Waals surface area contributed by atoms with Gasteiger partial charge in [0.15, 0.2) is 6.19 Å². The van der Waals surface area contributed by atoms with Crippen LogP contribution in [-0.4, -0.2) is 53.5 Å². The highest BCUT2D eigenvalue weighted by atomic mass is 16.5. The summed E-state index contributed by atoms with van der Waals surface area (Å²) < 4.78 is 5.60. The minimum absolute atomic E-state index is 0.0662. The van der Waals surface area contributed by atoms with Crippen LogP contribution in [0.1, 0.15) is 70.0 Å². The fourth-order valence-corrected chi connectivity index (χ4v) is 5.10. The first-order valence-electron chi connectivity index (χ1n) is 13.2. The van der Waals surface area contributed by atoms with E-state index in [1.54, 1.807) is 18.5 Å². The lowest BCUT2D eigenvalue weighted by Gasteiger charge is -2.38. The van der Waals surface area contributed by atoms with Crippen molar-refractivity contribution < 1.29 is 14.3 Å². The maximum atomic E-state index is 14.2. The molecule has 2 amide bonds. The van der Waals surface area contributed by atoms with Crippen molar-refractivity contribution in [2.75, 3.05) is 24.7 Å². The topological polar surface area (TPSA) is 98.6 Å². The predicted octanol–water partition coefficient (Wildman–Crippen LogP) is 4.08. The van der Waals surface area contributed by atoms with Crippen LogP contribution in [-0.2, 0) is 19.7 Å². The Labute approximate surface area is 219 Å². The van der Waals surface area contributed by atoms with Gasteiger partial charge < -0.3 is 10.1 Å². The molecule has 4 rings (SSSR count). The number of carbonyl (C=O) groups is 2. The highest BCUT2D eigenvalue weighted by Gasteiger charge is 2.40. The smallest absolute Gasteiger partial charge is 0.253 e. The molecule has 0 radical (unpaired) electrons. The number of rotatable bonds is 6. The average molecular weight is 504 g/mol. The Kier molecular flexibility index (Phi) is 8.45. The number of nitriles is 1. The normalized spacial score (nSPS) is 19.5. The summed E-state index contributed by atoms with van der Waals surface area (Å²) in [7, 11) is 0. The standard InChI is InChI=1S/C29H37N5O3/c1-29(2,3)22-11-13-24(14-12-22)34(28(36)25-19-37-17-16-33(25)20-30)26(21-8-7-15-31-18-21)27(35)32-23-9-5-4-6-10-23/h7-8,11-15,18,23,25-26H,4-6,9-10,16-17,19H2,1-3H3,(H,32,35)/t25-,26-/m1/s1. The van der Waals surface area contributed by atoms with Crippen LogP contribution in [0.5, 0.6) is 0 Å². The zero-order chi connectivity index (χ0) is 26.4. The minimum Gasteiger partial charge on any atom is -0.377 e. The molecule has 2 atom stereocenters. The van der Waals surface area contributed by atoms with Crippen molar-refractivity contribution in [2.45, 2.75) is 76.4 Å². The zero-order valence-corrected chi connectivity index (χ0v) is 22.0. The first-order chi connectivity index (χ1) is 17.8. The highest BCUT2D eigenvalue weighted by molar-refractivity contribution is 6.04. The van der Waals surface area contributed by atoms with Crippen molar-refractivity contribution in [3.05, 3.63) is 59.9 Å². The maximum Gasteiger partial charge on any atom is 0.253 e. The van der Waals surface area contributed by atoms with E-state index < -0.39 is 12.1 Å². The molecule has 1 aliphatic carbocycles. The van der Waals surface area contributed by atoms with Crippen molar-refractivity contribution in [3.8, 4) is 6.19 Å². The van der Waals surface area contributed by atoms with Gasteiger partial charge in [-0.15, -0.1) is 0 Å². The van der Waals surface area contributed by atoms with Crippen LogP contribution in [0.4, 0.5) is 5.69 Å². The number of hydrogen-bond acceptors (Lipinski definition) is 6. The third kappa shape index (κ3) is 6.28. The molecule has 1 saturated heterocycles. The second-order valence-corrected chi connectivity index (χ2v) is 10.9. The van der Waals surface area contributed by atoms with Crippen molar-refractivity contribution in [3.63, 3.8) is 0 Å². The van der Waals surface area contributed by atoms with Crippen molar-refractivity contribution >= 4 is 17.5 Å². The number of benzene rings is 1. The Morgan fingerprint density at radius 3 is 2.51 bits per heavy atom. The van der Waals surface area contributed by atoms with E-state index in [0.29, 0.717) is 24.4 Å². The quantitative estimate of drug-likeness (QED) is 0.597. The molecule has 37 heavy (non-hydrogen) atoms. The predicted molar refractivity (Wildman–Crippen MR) is 142 cm³/mol. The van der Waals surface area contributed by atoms with Crippen molar-refractivity contribution in [2.24, 2.45) is 0 Å².